The fourth-order valence-electron chi connectivity index (χ4n) is 1.38. The molecule has 0 radical (unpaired) electrons. The molecule has 110 valence electrons. The number of nitriles is 1. The van der Waals surface area contributed by atoms with Gasteiger partial charge in [-0.1, -0.05) is 11.6 Å². The number of carboxylic acids is 2. The standard InChI is InChI=1S/C12H10ClN3O5/c13-8-3-7(2-1-6(8)5-14)15-12(21)16-9(11(19)20)4-10(17)18/h1-3,9H,4H2,(H,17,18)(H,19,20)(H2,15,16,21)/t9-/m1/s1. The molecule has 0 fully saturated rings. The van der Waals surface area contributed by atoms with E-state index in [1.54, 1.807) is 0 Å². The van der Waals surface area contributed by atoms with Crippen LogP contribution < -0.4 is 10.6 Å². The number of carbonyl (C=O) groups is 3. The normalized spacial score (nSPS) is 11.0. The zero-order chi connectivity index (χ0) is 16.0. The molecule has 21 heavy (non-hydrogen) atoms. The van der Waals surface area contributed by atoms with Crippen molar-refractivity contribution in [3.05, 3.63) is 28.8 Å². The van der Waals surface area contributed by atoms with Crippen LogP contribution in [0.3, 0.4) is 0 Å². The predicted molar refractivity (Wildman–Crippen MR) is 72.0 cm³/mol. The van der Waals surface area contributed by atoms with Gasteiger partial charge in [0.1, 0.15) is 12.1 Å². The van der Waals surface area contributed by atoms with Crippen molar-refractivity contribution in [2.45, 2.75) is 12.5 Å². The summed E-state index contributed by atoms with van der Waals surface area (Å²) in [5.74, 6) is -2.82. The molecule has 0 aromatic heterocycles. The molecule has 0 saturated carbocycles. The Labute approximate surface area is 123 Å². The third kappa shape index (κ3) is 5.00. The van der Waals surface area contributed by atoms with E-state index < -0.39 is 30.4 Å². The molecule has 1 atom stereocenters. The minimum absolute atomic E-state index is 0.121. The van der Waals surface area contributed by atoms with Gasteiger partial charge in [0.15, 0.2) is 0 Å². The van der Waals surface area contributed by atoms with Crippen LogP contribution in [0.5, 0.6) is 0 Å². The monoisotopic (exact) mass is 311 g/mol. The third-order valence-corrected chi connectivity index (χ3v) is 2.64. The molecule has 1 aromatic carbocycles. The number of urea groups is 1. The molecule has 8 nitrogen and oxygen atoms in total. The number of rotatable bonds is 5. The molecule has 0 aliphatic rings. The Morgan fingerprint density at radius 2 is 2.00 bits per heavy atom. The van der Waals surface area contributed by atoms with Crippen molar-refractivity contribution in [2.24, 2.45) is 0 Å². The highest BCUT2D eigenvalue weighted by atomic mass is 35.5. The average Bonchev–Trinajstić information content (AvgIpc) is 2.37. The number of nitrogens with zero attached hydrogens (tertiary/aromatic N) is 1. The van der Waals surface area contributed by atoms with E-state index in [0.717, 1.165) is 0 Å². The smallest absolute Gasteiger partial charge is 0.326 e. The fraction of sp³-hybridized carbons (Fsp3) is 0.167. The quantitative estimate of drug-likeness (QED) is 0.645. The largest absolute Gasteiger partial charge is 0.481 e. The van der Waals surface area contributed by atoms with E-state index in [0.29, 0.717) is 0 Å². The van der Waals surface area contributed by atoms with E-state index in [4.69, 9.17) is 27.1 Å². The number of anilines is 1. The number of halogens is 1. The highest BCUT2D eigenvalue weighted by Gasteiger charge is 2.23. The molecule has 0 bridgehead atoms. The first-order valence-electron chi connectivity index (χ1n) is 5.55. The lowest BCUT2D eigenvalue weighted by atomic mass is 10.2. The van der Waals surface area contributed by atoms with Crippen molar-refractivity contribution < 1.29 is 24.6 Å². The van der Waals surface area contributed by atoms with Crippen LogP contribution in [0.15, 0.2) is 18.2 Å². The lowest BCUT2D eigenvalue weighted by molar-refractivity contribution is -0.145. The number of aliphatic carboxylic acids is 2. The molecule has 4 N–H and O–H groups in total. The van der Waals surface area contributed by atoms with Crippen LogP contribution in [0, 0.1) is 11.3 Å². The molecular formula is C12H10ClN3O5. The first-order chi connectivity index (χ1) is 9.83. The zero-order valence-electron chi connectivity index (χ0n) is 10.5. The lowest BCUT2D eigenvalue weighted by Gasteiger charge is -2.13. The number of benzene rings is 1. The number of hydrogen-bond acceptors (Lipinski definition) is 4. The molecule has 0 unspecified atom stereocenters. The van der Waals surface area contributed by atoms with Gasteiger partial charge in [-0.25, -0.2) is 9.59 Å². The minimum Gasteiger partial charge on any atom is -0.481 e. The minimum atomic E-state index is -1.56. The zero-order valence-corrected chi connectivity index (χ0v) is 11.2. The molecule has 9 heteroatoms. The summed E-state index contributed by atoms with van der Waals surface area (Å²) < 4.78 is 0. The summed E-state index contributed by atoms with van der Waals surface area (Å²) in [5, 5.41) is 30.5. The summed E-state index contributed by atoms with van der Waals surface area (Å²) in [4.78, 5) is 32.9. The maximum Gasteiger partial charge on any atom is 0.326 e. The number of carboxylic acid groups (broad SMARTS) is 2. The Bertz CT molecular complexity index is 626. The van der Waals surface area contributed by atoms with Gasteiger partial charge in [-0.3, -0.25) is 4.79 Å². The van der Waals surface area contributed by atoms with Crippen molar-refractivity contribution in [1.29, 1.82) is 5.26 Å². The Hall–Kier alpha value is -2.79. The van der Waals surface area contributed by atoms with Crippen molar-refractivity contribution >= 4 is 35.3 Å². The Kier molecular flexibility index (Phi) is 5.51. The third-order valence-electron chi connectivity index (χ3n) is 2.33. The number of nitrogens with one attached hydrogen (secondary N) is 2. The summed E-state index contributed by atoms with van der Waals surface area (Å²) in [7, 11) is 0. The molecule has 2 amide bonds. The maximum absolute atomic E-state index is 11.6. The second-order valence-electron chi connectivity index (χ2n) is 3.89. The second kappa shape index (κ2) is 7.12. The maximum atomic E-state index is 11.6. The Balaban J connectivity index is 2.72. The van der Waals surface area contributed by atoms with E-state index >= 15 is 0 Å². The van der Waals surface area contributed by atoms with Gasteiger partial charge >= 0.3 is 18.0 Å². The summed E-state index contributed by atoms with van der Waals surface area (Å²) in [6.45, 7) is 0. The van der Waals surface area contributed by atoms with Gasteiger partial charge in [-0.15, -0.1) is 0 Å². The van der Waals surface area contributed by atoms with E-state index in [1.165, 1.54) is 18.2 Å². The molecule has 0 aliphatic heterocycles. The Morgan fingerprint density at radius 1 is 1.33 bits per heavy atom. The van der Waals surface area contributed by atoms with Crippen LogP contribution in [0.25, 0.3) is 0 Å². The van der Waals surface area contributed by atoms with Gasteiger partial charge in [0.05, 0.1) is 17.0 Å². The van der Waals surface area contributed by atoms with Gasteiger partial charge in [0.2, 0.25) is 0 Å². The predicted octanol–water partition coefficient (Wildman–Crippen LogP) is 1.26. The molecule has 0 aliphatic carbocycles. The second-order valence-corrected chi connectivity index (χ2v) is 4.30. The topological polar surface area (TPSA) is 140 Å². The molecule has 0 saturated heterocycles. The van der Waals surface area contributed by atoms with Crippen LogP contribution in [-0.4, -0.2) is 34.2 Å². The van der Waals surface area contributed by atoms with Gasteiger partial charge in [0, 0.05) is 5.69 Å². The van der Waals surface area contributed by atoms with Crippen LogP contribution in [0.1, 0.15) is 12.0 Å². The van der Waals surface area contributed by atoms with Crippen LogP contribution in [0.4, 0.5) is 10.5 Å². The highest BCUT2D eigenvalue weighted by Crippen LogP contribution is 2.20. The first-order valence-corrected chi connectivity index (χ1v) is 5.93. The molecule has 1 aromatic rings. The summed E-state index contributed by atoms with van der Waals surface area (Å²) in [6, 6.07) is 3.47. The average molecular weight is 312 g/mol. The number of hydrogen-bond donors (Lipinski definition) is 4. The van der Waals surface area contributed by atoms with Crippen LogP contribution >= 0.6 is 11.6 Å². The summed E-state index contributed by atoms with van der Waals surface area (Å²) >= 11 is 5.77. The fourth-order valence-corrected chi connectivity index (χ4v) is 1.61. The van der Waals surface area contributed by atoms with Crippen LogP contribution in [0.2, 0.25) is 5.02 Å². The molecule has 0 spiro atoms. The highest BCUT2D eigenvalue weighted by molar-refractivity contribution is 6.32. The van der Waals surface area contributed by atoms with E-state index in [-0.39, 0.29) is 16.3 Å². The number of amides is 2. The SMILES string of the molecule is N#Cc1ccc(NC(=O)N[C@H](CC(=O)O)C(=O)O)cc1Cl. The van der Waals surface area contributed by atoms with Crippen molar-refractivity contribution in [3.8, 4) is 6.07 Å². The van der Waals surface area contributed by atoms with Gasteiger partial charge in [0.25, 0.3) is 0 Å². The lowest BCUT2D eigenvalue weighted by Crippen LogP contribution is -2.44. The van der Waals surface area contributed by atoms with Crippen LogP contribution in [-0.2, 0) is 9.59 Å². The molecule has 0 heterocycles. The molecule has 1 rings (SSSR count). The van der Waals surface area contributed by atoms with Gasteiger partial charge in [-0.2, -0.15) is 5.26 Å². The van der Waals surface area contributed by atoms with Crippen molar-refractivity contribution in [2.75, 3.05) is 5.32 Å². The van der Waals surface area contributed by atoms with Gasteiger partial charge in [-0.05, 0) is 18.2 Å². The van der Waals surface area contributed by atoms with E-state index in [2.05, 4.69) is 5.32 Å². The van der Waals surface area contributed by atoms with Crippen molar-refractivity contribution in [1.82, 2.24) is 5.32 Å². The first kappa shape index (κ1) is 16.3. The van der Waals surface area contributed by atoms with E-state index in [1.807, 2.05) is 11.4 Å². The summed E-state index contributed by atoms with van der Waals surface area (Å²) in [5.41, 5.74) is 0.452. The van der Waals surface area contributed by atoms with E-state index in [9.17, 15) is 14.4 Å². The van der Waals surface area contributed by atoms with Gasteiger partial charge < -0.3 is 20.8 Å². The summed E-state index contributed by atoms with van der Waals surface area (Å²) in [6.07, 6.45) is -0.753. The van der Waals surface area contributed by atoms with Crippen molar-refractivity contribution in [3.63, 3.8) is 0 Å². The Morgan fingerprint density at radius 3 is 2.48 bits per heavy atom. The number of carbonyl (C=O) groups excluding carboxylic acids is 1. The molecular weight excluding hydrogens is 302 g/mol.